The summed E-state index contributed by atoms with van der Waals surface area (Å²) in [5.74, 6) is 0. The van der Waals surface area contributed by atoms with Crippen molar-refractivity contribution in [3.05, 3.63) is 0 Å². The third-order valence-corrected chi connectivity index (χ3v) is 3.63. The highest BCUT2D eigenvalue weighted by molar-refractivity contribution is 7.49. The molecule has 0 radical (unpaired) electrons. The lowest BCUT2D eigenvalue weighted by molar-refractivity contribution is 0.342. The monoisotopic (exact) mass is 161 g/mol. The first-order valence-corrected chi connectivity index (χ1v) is 5.62. The van der Waals surface area contributed by atoms with E-state index in [1.807, 2.05) is 0 Å². The third kappa shape index (κ3) is 2.19. The minimum absolute atomic E-state index is 0.248. The average molecular weight is 161 g/mol. The van der Waals surface area contributed by atoms with E-state index in [9.17, 15) is 0 Å². The molecule has 0 N–H and O–H groups in total. The van der Waals surface area contributed by atoms with Gasteiger partial charge in [-0.1, -0.05) is 0 Å². The first-order valence-electron chi connectivity index (χ1n) is 3.96. The van der Waals surface area contributed by atoms with Gasteiger partial charge in [0, 0.05) is 19.7 Å². The van der Waals surface area contributed by atoms with Gasteiger partial charge in [-0.25, -0.2) is 0 Å². The van der Waals surface area contributed by atoms with E-state index in [-0.39, 0.29) is 8.30 Å². The molecule has 1 heterocycles. The summed E-state index contributed by atoms with van der Waals surface area (Å²) in [5, 5.41) is 0. The molecule has 0 aromatic rings. The van der Waals surface area contributed by atoms with Crippen LogP contribution in [-0.4, -0.2) is 31.0 Å². The molecule has 0 aliphatic carbocycles. The molecule has 0 amide bonds. The van der Waals surface area contributed by atoms with Gasteiger partial charge in [-0.15, -0.1) is 0 Å². The summed E-state index contributed by atoms with van der Waals surface area (Å²) < 4.78 is 7.97. The maximum absolute atomic E-state index is 5.52. The minimum atomic E-state index is -0.248. The summed E-state index contributed by atoms with van der Waals surface area (Å²) in [5.41, 5.74) is 0. The van der Waals surface area contributed by atoms with Gasteiger partial charge < -0.3 is 4.52 Å². The molecule has 0 bridgehead atoms. The van der Waals surface area contributed by atoms with Crippen LogP contribution < -0.4 is 0 Å². The molecule has 1 unspecified atom stereocenters. The fourth-order valence-corrected chi connectivity index (χ4v) is 2.63. The van der Waals surface area contributed by atoms with Crippen LogP contribution in [-0.2, 0) is 4.52 Å². The van der Waals surface area contributed by atoms with Crippen LogP contribution in [0, 0.1) is 0 Å². The number of rotatable bonds is 3. The molecule has 1 aliphatic rings. The second-order valence-electron chi connectivity index (χ2n) is 2.54. The van der Waals surface area contributed by atoms with Crippen LogP contribution in [0.4, 0.5) is 0 Å². The molecule has 0 aromatic heterocycles. The second-order valence-corrected chi connectivity index (χ2v) is 4.30. The maximum atomic E-state index is 5.52. The molecular formula is C7H16NOP. The lowest BCUT2D eigenvalue weighted by atomic mass is 10.4. The standard InChI is InChI=1S/C7H16NOP/c1-3-9-10(2)8-6-4-5-7-8/h3-7H2,1-2H3. The van der Waals surface area contributed by atoms with E-state index >= 15 is 0 Å². The van der Waals surface area contributed by atoms with Gasteiger partial charge in [0.1, 0.15) is 8.30 Å². The predicted molar refractivity (Wildman–Crippen MR) is 45.3 cm³/mol. The Morgan fingerprint density at radius 3 is 2.50 bits per heavy atom. The summed E-state index contributed by atoms with van der Waals surface area (Å²) in [6.45, 7) is 7.63. The van der Waals surface area contributed by atoms with Crippen molar-refractivity contribution in [1.82, 2.24) is 4.67 Å². The predicted octanol–water partition coefficient (Wildman–Crippen LogP) is 2.06. The zero-order valence-electron chi connectivity index (χ0n) is 6.84. The lowest BCUT2D eigenvalue weighted by Crippen LogP contribution is -2.13. The second kappa shape index (κ2) is 4.27. The van der Waals surface area contributed by atoms with Crippen LogP contribution in [0.2, 0.25) is 0 Å². The Morgan fingerprint density at radius 2 is 2.00 bits per heavy atom. The van der Waals surface area contributed by atoms with E-state index in [1.165, 1.54) is 25.9 Å². The van der Waals surface area contributed by atoms with Crippen molar-refractivity contribution in [3.63, 3.8) is 0 Å². The summed E-state index contributed by atoms with van der Waals surface area (Å²) in [6.07, 6.45) is 2.72. The van der Waals surface area contributed by atoms with Crippen LogP contribution >= 0.6 is 8.30 Å². The van der Waals surface area contributed by atoms with E-state index in [1.54, 1.807) is 0 Å². The maximum Gasteiger partial charge on any atom is 0.101 e. The topological polar surface area (TPSA) is 12.5 Å². The smallest absolute Gasteiger partial charge is 0.101 e. The van der Waals surface area contributed by atoms with Crippen molar-refractivity contribution in [1.29, 1.82) is 0 Å². The van der Waals surface area contributed by atoms with Gasteiger partial charge in [0.25, 0.3) is 0 Å². The van der Waals surface area contributed by atoms with Gasteiger partial charge in [-0.05, 0) is 26.4 Å². The molecule has 3 heteroatoms. The van der Waals surface area contributed by atoms with Crippen LogP contribution in [0.1, 0.15) is 19.8 Å². The fourth-order valence-electron chi connectivity index (χ4n) is 1.25. The minimum Gasteiger partial charge on any atom is -0.344 e. The molecule has 0 spiro atoms. The number of hydrogen-bond donors (Lipinski definition) is 0. The number of hydrogen-bond acceptors (Lipinski definition) is 2. The largest absolute Gasteiger partial charge is 0.344 e. The normalized spacial score (nSPS) is 23.4. The first-order chi connectivity index (χ1) is 4.84. The van der Waals surface area contributed by atoms with Crippen LogP contribution in [0.25, 0.3) is 0 Å². The van der Waals surface area contributed by atoms with E-state index < -0.39 is 0 Å². The molecule has 0 aromatic carbocycles. The molecule has 1 saturated heterocycles. The quantitative estimate of drug-likeness (QED) is 0.587. The average Bonchev–Trinajstić information content (AvgIpc) is 2.38. The van der Waals surface area contributed by atoms with Gasteiger partial charge in [0.2, 0.25) is 0 Å². The molecular weight excluding hydrogens is 145 g/mol. The van der Waals surface area contributed by atoms with Crippen molar-refractivity contribution >= 4 is 8.30 Å². The van der Waals surface area contributed by atoms with Crippen molar-refractivity contribution in [2.75, 3.05) is 26.4 Å². The van der Waals surface area contributed by atoms with Crippen molar-refractivity contribution in [2.24, 2.45) is 0 Å². The van der Waals surface area contributed by atoms with Crippen molar-refractivity contribution < 1.29 is 4.52 Å². The van der Waals surface area contributed by atoms with E-state index in [4.69, 9.17) is 4.52 Å². The first kappa shape index (κ1) is 8.45. The molecule has 10 heavy (non-hydrogen) atoms. The van der Waals surface area contributed by atoms with E-state index in [2.05, 4.69) is 18.3 Å². The highest BCUT2D eigenvalue weighted by atomic mass is 31.2. The third-order valence-electron chi connectivity index (χ3n) is 1.80. The Hall–Kier alpha value is 0.350. The van der Waals surface area contributed by atoms with Crippen molar-refractivity contribution in [3.8, 4) is 0 Å². The fraction of sp³-hybridized carbons (Fsp3) is 1.00. The lowest BCUT2D eigenvalue weighted by Gasteiger charge is -2.21. The van der Waals surface area contributed by atoms with Gasteiger partial charge in [0.15, 0.2) is 0 Å². The Labute approximate surface area is 64.4 Å². The van der Waals surface area contributed by atoms with Gasteiger partial charge >= 0.3 is 0 Å². The number of nitrogens with zero attached hydrogens (tertiary/aromatic N) is 1. The van der Waals surface area contributed by atoms with Crippen LogP contribution in [0.3, 0.4) is 0 Å². The summed E-state index contributed by atoms with van der Waals surface area (Å²) >= 11 is 0. The molecule has 2 nitrogen and oxygen atoms in total. The van der Waals surface area contributed by atoms with Crippen LogP contribution in [0.15, 0.2) is 0 Å². The van der Waals surface area contributed by atoms with Crippen molar-refractivity contribution in [2.45, 2.75) is 19.8 Å². The highest BCUT2D eigenvalue weighted by Crippen LogP contribution is 2.39. The summed E-state index contributed by atoms with van der Waals surface area (Å²) in [6, 6.07) is 0. The highest BCUT2D eigenvalue weighted by Gasteiger charge is 2.17. The van der Waals surface area contributed by atoms with Gasteiger partial charge in [0.05, 0.1) is 0 Å². The molecule has 1 rings (SSSR count). The Morgan fingerprint density at radius 1 is 1.40 bits per heavy atom. The summed E-state index contributed by atoms with van der Waals surface area (Å²) in [4.78, 5) is 0. The van der Waals surface area contributed by atoms with Gasteiger partial charge in [-0.2, -0.15) is 0 Å². The zero-order valence-corrected chi connectivity index (χ0v) is 7.73. The molecule has 0 saturated carbocycles. The molecule has 1 fully saturated rings. The molecule has 60 valence electrons. The van der Waals surface area contributed by atoms with E-state index in [0.29, 0.717) is 0 Å². The van der Waals surface area contributed by atoms with Crippen LogP contribution in [0.5, 0.6) is 0 Å². The Kier molecular flexibility index (Phi) is 3.61. The molecule has 1 aliphatic heterocycles. The zero-order chi connectivity index (χ0) is 7.40. The van der Waals surface area contributed by atoms with E-state index in [0.717, 1.165) is 6.61 Å². The Bertz CT molecular complexity index is 93.6. The molecule has 1 atom stereocenters. The van der Waals surface area contributed by atoms with Gasteiger partial charge in [-0.3, -0.25) is 4.67 Å². The summed E-state index contributed by atoms with van der Waals surface area (Å²) in [7, 11) is -0.248. The Balaban J connectivity index is 2.18. The SMILES string of the molecule is CCOP(C)N1CCCC1.